The third-order valence-corrected chi connectivity index (χ3v) is 4.42. The van der Waals surface area contributed by atoms with E-state index < -0.39 is 0 Å². The predicted octanol–water partition coefficient (Wildman–Crippen LogP) is 2.49. The molecule has 1 aromatic carbocycles. The molecule has 20 heavy (non-hydrogen) atoms. The lowest BCUT2D eigenvalue weighted by molar-refractivity contribution is 0.661. The topological polar surface area (TPSA) is 61.6 Å². The first kappa shape index (κ1) is 11.4. The largest absolute Gasteiger partial charge is 0.365 e. The number of benzene rings is 1. The molecule has 98 valence electrons. The smallest absolute Gasteiger partial charge is 0.163 e. The number of nitrogens with one attached hydrogen (secondary N) is 1. The van der Waals surface area contributed by atoms with Crippen molar-refractivity contribution in [2.75, 3.05) is 5.32 Å². The van der Waals surface area contributed by atoms with Crippen LogP contribution in [0.1, 0.15) is 29.2 Å². The van der Waals surface area contributed by atoms with Crippen LogP contribution in [0.25, 0.3) is 0 Å². The van der Waals surface area contributed by atoms with E-state index in [0.717, 1.165) is 5.82 Å². The van der Waals surface area contributed by atoms with E-state index in [1.807, 2.05) is 12.1 Å². The van der Waals surface area contributed by atoms with Gasteiger partial charge in [-0.2, -0.15) is 5.26 Å². The van der Waals surface area contributed by atoms with Crippen LogP contribution in [0.5, 0.6) is 0 Å². The standard InChI is InChI=1S/C16H14N4/c17-9-11-6-8-14(20-19-11)18-16-13-7-5-10-3-1-2-4-12(10)15(13)16/h1-4,6,8,13,15-16H,5,7H2,(H,18,20). The van der Waals surface area contributed by atoms with Crippen molar-refractivity contribution in [2.24, 2.45) is 5.92 Å². The molecule has 3 atom stereocenters. The normalized spacial score (nSPS) is 26.1. The molecule has 1 fully saturated rings. The maximum absolute atomic E-state index is 8.73. The molecule has 1 aromatic heterocycles. The van der Waals surface area contributed by atoms with Crippen LogP contribution in [-0.4, -0.2) is 16.2 Å². The number of anilines is 1. The summed E-state index contributed by atoms with van der Waals surface area (Å²) < 4.78 is 0. The van der Waals surface area contributed by atoms with Crippen LogP contribution in [0.15, 0.2) is 36.4 Å². The Morgan fingerprint density at radius 2 is 2.05 bits per heavy atom. The Kier molecular flexibility index (Phi) is 2.46. The zero-order valence-electron chi connectivity index (χ0n) is 11.0. The van der Waals surface area contributed by atoms with Crippen LogP contribution in [0.4, 0.5) is 5.82 Å². The molecule has 0 bridgehead atoms. The SMILES string of the molecule is N#Cc1ccc(NC2C3CCc4ccccc4C32)nn1. The van der Waals surface area contributed by atoms with Gasteiger partial charge in [0, 0.05) is 12.0 Å². The molecular formula is C16H14N4. The zero-order valence-corrected chi connectivity index (χ0v) is 11.0. The van der Waals surface area contributed by atoms with E-state index in [1.54, 1.807) is 6.07 Å². The number of rotatable bonds is 2. The van der Waals surface area contributed by atoms with Crippen molar-refractivity contribution in [3.8, 4) is 6.07 Å². The molecule has 0 amide bonds. The van der Waals surface area contributed by atoms with E-state index in [-0.39, 0.29) is 0 Å². The lowest BCUT2D eigenvalue weighted by Gasteiger charge is -2.13. The Labute approximate surface area is 117 Å². The first-order chi connectivity index (χ1) is 9.86. The molecule has 2 aliphatic rings. The number of hydrogen-bond donors (Lipinski definition) is 1. The van der Waals surface area contributed by atoms with Gasteiger partial charge < -0.3 is 5.32 Å². The first-order valence-electron chi connectivity index (χ1n) is 6.95. The summed E-state index contributed by atoms with van der Waals surface area (Å²) in [5, 5.41) is 20.1. The number of aryl methyl sites for hydroxylation is 1. The second-order valence-corrected chi connectivity index (χ2v) is 5.51. The molecule has 0 aliphatic heterocycles. The lowest BCUT2D eigenvalue weighted by atomic mass is 9.92. The van der Waals surface area contributed by atoms with Gasteiger partial charge in [-0.3, -0.25) is 0 Å². The van der Waals surface area contributed by atoms with Crippen molar-refractivity contribution in [1.82, 2.24) is 10.2 Å². The fraction of sp³-hybridized carbons (Fsp3) is 0.312. The van der Waals surface area contributed by atoms with Gasteiger partial charge in [0.25, 0.3) is 0 Å². The van der Waals surface area contributed by atoms with E-state index in [4.69, 9.17) is 5.26 Å². The Hall–Kier alpha value is -2.41. The summed E-state index contributed by atoms with van der Waals surface area (Å²) in [6, 6.07) is 14.7. The fourth-order valence-electron chi connectivity index (χ4n) is 3.40. The van der Waals surface area contributed by atoms with Gasteiger partial charge in [0.05, 0.1) is 0 Å². The lowest BCUT2D eigenvalue weighted by Crippen LogP contribution is -2.08. The molecule has 2 aromatic rings. The third kappa shape index (κ3) is 1.75. The third-order valence-electron chi connectivity index (χ3n) is 4.42. The maximum atomic E-state index is 8.73. The van der Waals surface area contributed by atoms with E-state index in [9.17, 15) is 0 Å². The molecule has 4 rings (SSSR count). The van der Waals surface area contributed by atoms with Gasteiger partial charge in [0.1, 0.15) is 11.9 Å². The van der Waals surface area contributed by atoms with Gasteiger partial charge in [-0.15, -0.1) is 10.2 Å². The van der Waals surface area contributed by atoms with Crippen molar-refractivity contribution in [3.05, 3.63) is 53.2 Å². The minimum Gasteiger partial charge on any atom is -0.365 e. The number of fused-ring (bicyclic) bond motifs is 3. The van der Waals surface area contributed by atoms with Crippen LogP contribution >= 0.6 is 0 Å². The Morgan fingerprint density at radius 3 is 2.85 bits per heavy atom. The van der Waals surface area contributed by atoms with Crippen molar-refractivity contribution in [3.63, 3.8) is 0 Å². The highest BCUT2D eigenvalue weighted by molar-refractivity contribution is 5.47. The number of nitriles is 1. The average molecular weight is 262 g/mol. The van der Waals surface area contributed by atoms with Crippen LogP contribution in [0.3, 0.4) is 0 Å². The van der Waals surface area contributed by atoms with Crippen LogP contribution in [0, 0.1) is 17.2 Å². The van der Waals surface area contributed by atoms with Gasteiger partial charge in [-0.1, -0.05) is 24.3 Å². The number of aromatic nitrogens is 2. The molecule has 1 saturated carbocycles. The quantitative estimate of drug-likeness (QED) is 0.903. The second kappa shape index (κ2) is 4.31. The second-order valence-electron chi connectivity index (χ2n) is 5.51. The van der Waals surface area contributed by atoms with Crippen LogP contribution in [0.2, 0.25) is 0 Å². The molecule has 1 heterocycles. The van der Waals surface area contributed by atoms with E-state index >= 15 is 0 Å². The van der Waals surface area contributed by atoms with Crippen molar-refractivity contribution >= 4 is 5.82 Å². The van der Waals surface area contributed by atoms with Crippen molar-refractivity contribution in [1.29, 1.82) is 5.26 Å². The van der Waals surface area contributed by atoms with Gasteiger partial charge >= 0.3 is 0 Å². The van der Waals surface area contributed by atoms with E-state index in [0.29, 0.717) is 23.6 Å². The van der Waals surface area contributed by atoms with Crippen LogP contribution in [-0.2, 0) is 6.42 Å². The molecule has 3 unspecified atom stereocenters. The molecule has 0 saturated heterocycles. The van der Waals surface area contributed by atoms with Gasteiger partial charge in [0.15, 0.2) is 5.69 Å². The van der Waals surface area contributed by atoms with Gasteiger partial charge in [-0.05, 0) is 42.0 Å². The minimum absolute atomic E-state index is 0.356. The monoisotopic (exact) mass is 262 g/mol. The van der Waals surface area contributed by atoms with E-state index in [1.165, 1.54) is 24.0 Å². The summed E-state index contributed by atoms with van der Waals surface area (Å²) >= 11 is 0. The minimum atomic E-state index is 0.356. The summed E-state index contributed by atoms with van der Waals surface area (Å²) in [5.41, 5.74) is 3.33. The van der Waals surface area contributed by atoms with E-state index in [2.05, 4.69) is 39.8 Å². The summed E-state index contributed by atoms with van der Waals surface area (Å²) in [6.07, 6.45) is 2.41. The molecule has 0 spiro atoms. The summed E-state index contributed by atoms with van der Waals surface area (Å²) in [5.74, 6) is 2.08. The summed E-state index contributed by atoms with van der Waals surface area (Å²) in [7, 11) is 0. The van der Waals surface area contributed by atoms with Crippen molar-refractivity contribution < 1.29 is 0 Å². The maximum Gasteiger partial charge on any atom is 0.163 e. The zero-order chi connectivity index (χ0) is 13.5. The van der Waals surface area contributed by atoms with Gasteiger partial charge in [0.2, 0.25) is 0 Å². The van der Waals surface area contributed by atoms with Gasteiger partial charge in [-0.25, -0.2) is 0 Å². The number of nitrogens with zero attached hydrogens (tertiary/aromatic N) is 3. The molecule has 4 heteroatoms. The van der Waals surface area contributed by atoms with Crippen LogP contribution < -0.4 is 5.32 Å². The highest BCUT2D eigenvalue weighted by Crippen LogP contribution is 2.55. The summed E-state index contributed by atoms with van der Waals surface area (Å²) in [6.45, 7) is 0. The highest BCUT2D eigenvalue weighted by Gasteiger charge is 2.53. The molecule has 2 aliphatic carbocycles. The molecular weight excluding hydrogens is 248 g/mol. The highest BCUT2D eigenvalue weighted by atomic mass is 15.2. The molecule has 1 N–H and O–H groups in total. The molecule has 4 nitrogen and oxygen atoms in total. The summed E-state index contributed by atoms with van der Waals surface area (Å²) in [4.78, 5) is 0. The first-order valence-corrected chi connectivity index (χ1v) is 6.95. The van der Waals surface area contributed by atoms with Crippen molar-refractivity contribution in [2.45, 2.75) is 24.8 Å². The number of hydrogen-bond acceptors (Lipinski definition) is 4. The fourth-order valence-corrected chi connectivity index (χ4v) is 3.40. The predicted molar refractivity (Wildman–Crippen MR) is 75.2 cm³/mol. The Bertz CT molecular complexity index is 686. The molecule has 0 radical (unpaired) electrons. The average Bonchev–Trinajstić information content (AvgIpc) is 3.22. The Balaban J connectivity index is 1.54. The Morgan fingerprint density at radius 1 is 1.15 bits per heavy atom.